The molecule has 1 unspecified atom stereocenters. The van der Waals surface area contributed by atoms with Gasteiger partial charge >= 0.3 is 0 Å². The van der Waals surface area contributed by atoms with Crippen molar-refractivity contribution in [2.45, 2.75) is 31.0 Å². The van der Waals surface area contributed by atoms with Crippen molar-refractivity contribution in [1.82, 2.24) is 10.2 Å². The Morgan fingerprint density at radius 3 is 2.59 bits per heavy atom. The van der Waals surface area contributed by atoms with Crippen molar-refractivity contribution in [2.24, 2.45) is 5.14 Å². The van der Waals surface area contributed by atoms with E-state index in [1.165, 1.54) is 17.7 Å². The molecule has 0 radical (unpaired) electrons. The van der Waals surface area contributed by atoms with Crippen LogP contribution >= 0.6 is 0 Å². The van der Waals surface area contributed by atoms with Crippen molar-refractivity contribution in [3.8, 4) is 0 Å². The highest BCUT2D eigenvalue weighted by molar-refractivity contribution is 7.89. The fourth-order valence-corrected chi connectivity index (χ4v) is 4.90. The molecule has 0 spiro atoms. The number of nitrogens with one attached hydrogen (secondary N) is 1. The minimum absolute atomic E-state index is 0.0867. The number of sulfonamides is 1. The lowest BCUT2D eigenvalue weighted by molar-refractivity contribution is -0.0212. The van der Waals surface area contributed by atoms with Crippen LogP contribution in [0.15, 0.2) is 47.4 Å². The predicted molar refractivity (Wildman–Crippen MR) is 129 cm³/mol. The number of morpholine rings is 2. The number of hydrogen-bond donors (Lipinski definition) is 2. The molecule has 10 heteroatoms. The first-order chi connectivity index (χ1) is 16.3. The molecule has 1 amide bonds. The van der Waals surface area contributed by atoms with Gasteiger partial charge in [0.2, 0.25) is 10.0 Å². The van der Waals surface area contributed by atoms with Crippen molar-refractivity contribution in [1.29, 1.82) is 0 Å². The number of nitrogens with zero attached hydrogens (tertiary/aromatic N) is 2. The van der Waals surface area contributed by atoms with Crippen LogP contribution in [0, 0.1) is 0 Å². The first-order valence-electron chi connectivity index (χ1n) is 11.5. The summed E-state index contributed by atoms with van der Waals surface area (Å²) >= 11 is 0. The van der Waals surface area contributed by atoms with Crippen molar-refractivity contribution in [3.63, 3.8) is 0 Å². The molecule has 34 heavy (non-hydrogen) atoms. The van der Waals surface area contributed by atoms with Crippen LogP contribution in [0.4, 0.5) is 5.69 Å². The maximum atomic E-state index is 13.2. The van der Waals surface area contributed by atoms with Gasteiger partial charge in [0.25, 0.3) is 5.91 Å². The third-order valence-electron chi connectivity index (χ3n) is 6.07. The topological polar surface area (TPSA) is 114 Å². The fourth-order valence-electron chi connectivity index (χ4n) is 4.36. The standard InChI is InChI=1S/C24H32N4O5S/c1-18-16-27(7-12-33-18)17-20-4-2-3-19(13-20)15-26-24(29)22-14-21(34(25,30)31)5-6-23(22)28-8-10-32-11-9-28/h2-6,13-14,18H,7-12,15-17H2,1H3,(H,26,29)(H2,25,30,31). The Morgan fingerprint density at radius 2 is 1.85 bits per heavy atom. The van der Waals surface area contributed by atoms with E-state index in [4.69, 9.17) is 14.6 Å². The monoisotopic (exact) mass is 488 g/mol. The summed E-state index contributed by atoms with van der Waals surface area (Å²) in [6.07, 6.45) is 0.227. The molecule has 2 aliphatic rings. The molecule has 2 aromatic rings. The molecule has 9 nitrogen and oxygen atoms in total. The van der Waals surface area contributed by atoms with Crippen molar-refractivity contribution in [2.75, 3.05) is 50.9 Å². The average Bonchev–Trinajstić information content (AvgIpc) is 2.82. The number of hydrogen-bond acceptors (Lipinski definition) is 7. The number of primary sulfonamides is 1. The summed E-state index contributed by atoms with van der Waals surface area (Å²) in [5.74, 6) is -0.348. The van der Waals surface area contributed by atoms with E-state index in [-0.39, 0.29) is 22.5 Å². The lowest BCUT2D eigenvalue weighted by atomic mass is 10.1. The van der Waals surface area contributed by atoms with E-state index in [1.54, 1.807) is 6.07 Å². The molecule has 0 bridgehead atoms. The predicted octanol–water partition coefficient (Wildman–Crippen LogP) is 1.32. The molecule has 4 rings (SSSR count). The Hall–Kier alpha value is -2.50. The third-order valence-corrected chi connectivity index (χ3v) is 6.98. The molecule has 0 saturated carbocycles. The van der Waals surface area contributed by atoms with Crippen LogP contribution in [0.3, 0.4) is 0 Å². The van der Waals surface area contributed by atoms with E-state index in [0.717, 1.165) is 31.8 Å². The van der Waals surface area contributed by atoms with Crippen LogP contribution in [0.2, 0.25) is 0 Å². The minimum Gasteiger partial charge on any atom is -0.378 e. The fraction of sp³-hybridized carbons (Fsp3) is 0.458. The van der Waals surface area contributed by atoms with Gasteiger partial charge in [0.15, 0.2) is 0 Å². The lowest BCUT2D eigenvalue weighted by Crippen LogP contribution is -2.40. The molecule has 184 valence electrons. The van der Waals surface area contributed by atoms with Crippen molar-refractivity contribution < 1.29 is 22.7 Å². The molecule has 2 aromatic carbocycles. The summed E-state index contributed by atoms with van der Waals surface area (Å²) in [5, 5.41) is 8.26. The van der Waals surface area contributed by atoms with E-state index in [0.29, 0.717) is 38.5 Å². The van der Waals surface area contributed by atoms with Gasteiger partial charge in [-0.3, -0.25) is 9.69 Å². The summed E-state index contributed by atoms with van der Waals surface area (Å²) in [7, 11) is -3.93. The van der Waals surface area contributed by atoms with Gasteiger partial charge in [0, 0.05) is 45.0 Å². The van der Waals surface area contributed by atoms with Crippen LogP contribution < -0.4 is 15.4 Å². The average molecular weight is 489 g/mol. The summed E-state index contributed by atoms with van der Waals surface area (Å²) in [5.41, 5.74) is 3.10. The Morgan fingerprint density at radius 1 is 1.09 bits per heavy atom. The molecule has 2 fully saturated rings. The first-order valence-corrected chi connectivity index (χ1v) is 13.0. The van der Waals surface area contributed by atoms with Crippen LogP contribution in [-0.4, -0.2) is 71.3 Å². The maximum Gasteiger partial charge on any atom is 0.253 e. The van der Waals surface area contributed by atoms with Crippen LogP contribution in [-0.2, 0) is 32.6 Å². The van der Waals surface area contributed by atoms with Gasteiger partial charge in [-0.2, -0.15) is 0 Å². The molecule has 2 heterocycles. The molecule has 3 N–H and O–H groups in total. The van der Waals surface area contributed by atoms with Gasteiger partial charge in [-0.15, -0.1) is 0 Å². The molecule has 0 aromatic heterocycles. The Labute approximate surface area is 200 Å². The zero-order valence-corrected chi connectivity index (χ0v) is 20.2. The number of nitrogens with two attached hydrogens (primary N) is 1. The zero-order chi connectivity index (χ0) is 24.1. The number of amides is 1. The van der Waals surface area contributed by atoms with E-state index in [9.17, 15) is 13.2 Å². The number of carbonyl (C=O) groups excluding carboxylic acids is 1. The van der Waals surface area contributed by atoms with Crippen molar-refractivity contribution >= 4 is 21.6 Å². The molecular formula is C24H32N4O5S. The molecule has 2 aliphatic heterocycles. The number of carbonyl (C=O) groups is 1. The first kappa shape index (κ1) is 24.6. The van der Waals surface area contributed by atoms with E-state index in [1.807, 2.05) is 17.0 Å². The lowest BCUT2D eigenvalue weighted by Gasteiger charge is -2.31. The SMILES string of the molecule is CC1CN(Cc2cccc(CNC(=O)c3cc(S(N)(=O)=O)ccc3N3CCOCC3)c2)CCO1. The second-order valence-electron chi connectivity index (χ2n) is 8.74. The summed E-state index contributed by atoms with van der Waals surface area (Å²) in [6.45, 7) is 8.10. The Balaban J connectivity index is 1.48. The van der Waals surface area contributed by atoms with Crippen LogP contribution in [0.1, 0.15) is 28.4 Å². The summed E-state index contributed by atoms with van der Waals surface area (Å²) in [4.78, 5) is 17.5. The Kier molecular flexibility index (Phi) is 7.84. The highest BCUT2D eigenvalue weighted by Crippen LogP contribution is 2.25. The van der Waals surface area contributed by atoms with E-state index in [2.05, 4.69) is 29.3 Å². The van der Waals surface area contributed by atoms with E-state index >= 15 is 0 Å². The number of benzene rings is 2. The smallest absolute Gasteiger partial charge is 0.253 e. The highest BCUT2D eigenvalue weighted by atomic mass is 32.2. The minimum atomic E-state index is -3.93. The van der Waals surface area contributed by atoms with Crippen LogP contribution in [0.25, 0.3) is 0 Å². The zero-order valence-electron chi connectivity index (χ0n) is 19.4. The van der Waals surface area contributed by atoms with Gasteiger partial charge in [-0.25, -0.2) is 13.6 Å². The highest BCUT2D eigenvalue weighted by Gasteiger charge is 2.22. The van der Waals surface area contributed by atoms with Crippen LogP contribution in [0.5, 0.6) is 0 Å². The van der Waals surface area contributed by atoms with Gasteiger partial charge < -0.3 is 19.7 Å². The second kappa shape index (κ2) is 10.8. The molecule has 0 aliphatic carbocycles. The molecule has 1 atom stereocenters. The molecular weight excluding hydrogens is 456 g/mol. The largest absolute Gasteiger partial charge is 0.378 e. The summed E-state index contributed by atoms with van der Waals surface area (Å²) in [6, 6.07) is 12.6. The number of rotatable bonds is 7. The quantitative estimate of drug-likeness (QED) is 0.604. The number of ether oxygens (including phenoxy) is 2. The normalized spacial score (nSPS) is 19.7. The van der Waals surface area contributed by atoms with E-state index < -0.39 is 10.0 Å². The van der Waals surface area contributed by atoms with Gasteiger partial charge in [-0.1, -0.05) is 24.3 Å². The second-order valence-corrected chi connectivity index (χ2v) is 10.3. The molecule has 2 saturated heterocycles. The third kappa shape index (κ3) is 6.34. The Bertz CT molecular complexity index is 1120. The van der Waals surface area contributed by atoms with Gasteiger partial charge in [0.05, 0.1) is 36.4 Å². The van der Waals surface area contributed by atoms with Gasteiger partial charge in [0.1, 0.15) is 0 Å². The van der Waals surface area contributed by atoms with Gasteiger partial charge in [-0.05, 0) is 36.2 Å². The summed E-state index contributed by atoms with van der Waals surface area (Å²) < 4.78 is 34.8. The maximum absolute atomic E-state index is 13.2. The van der Waals surface area contributed by atoms with Crippen molar-refractivity contribution in [3.05, 3.63) is 59.2 Å². The number of anilines is 1.